The maximum atomic E-state index is 4.32. The molecule has 110 valence electrons. The summed E-state index contributed by atoms with van der Waals surface area (Å²) < 4.78 is 0. The van der Waals surface area contributed by atoms with Crippen molar-refractivity contribution in [2.45, 2.75) is 6.54 Å². The van der Waals surface area contributed by atoms with Crippen molar-refractivity contribution in [3.8, 4) is 0 Å². The van der Waals surface area contributed by atoms with Crippen LogP contribution >= 0.6 is 0 Å². The summed E-state index contributed by atoms with van der Waals surface area (Å²) in [7, 11) is 2.18. The molecule has 1 aromatic carbocycles. The van der Waals surface area contributed by atoms with Gasteiger partial charge < -0.3 is 15.1 Å². The predicted molar refractivity (Wildman–Crippen MR) is 87.7 cm³/mol. The van der Waals surface area contributed by atoms with Crippen LogP contribution in [0.4, 0.5) is 11.4 Å². The molecule has 4 heteroatoms. The van der Waals surface area contributed by atoms with Crippen LogP contribution in [-0.4, -0.2) is 43.1 Å². The van der Waals surface area contributed by atoms with E-state index in [4.69, 9.17) is 0 Å². The van der Waals surface area contributed by atoms with Crippen LogP contribution in [0.2, 0.25) is 0 Å². The van der Waals surface area contributed by atoms with Crippen molar-refractivity contribution in [1.29, 1.82) is 0 Å². The first-order chi connectivity index (χ1) is 10.3. The van der Waals surface area contributed by atoms with E-state index in [1.165, 1.54) is 5.69 Å². The summed E-state index contributed by atoms with van der Waals surface area (Å²) in [4.78, 5) is 9.14. The van der Waals surface area contributed by atoms with Gasteiger partial charge in [0.05, 0.1) is 12.2 Å². The van der Waals surface area contributed by atoms with Gasteiger partial charge in [-0.3, -0.25) is 4.98 Å². The van der Waals surface area contributed by atoms with Crippen LogP contribution < -0.4 is 10.2 Å². The number of rotatable bonds is 4. The van der Waals surface area contributed by atoms with Gasteiger partial charge in [-0.2, -0.15) is 0 Å². The van der Waals surface area contributed by atoms with Crippen LogP contribution in [0, 0.1) is 0 Å². The Balaban J connectivity index is 1.57. The molecule has 4 nitrogen and oxygen atoms in total. The molecule has 1 saturated heterocycles. The van der Waals surface area contributed by atoms with E-state index in [1.807, 2.05) is 24.4 Å². The molecule has 1 N–H and O–H groups in total. The second-order valence-corrected chi connectivity index (χ2v) is 5.51. The van der Waals surface area contributed by atoms with Crippen molar-refractivity contribution >= 4 is 11.4 Å². The zero-order chi connectivity index (χ0) is 14.5. The number of nitrogens with zero attached hydrogens (tertiary/aromatic N) is 3. The Morgan fingerprint density at radius 2 is 1.76 bits per heavy atom. The van der Waals surface area contributed by atoms with E-state index in [-0.39, 0.29) is 0 Å². The van der Waals surface area contributed by atoms with Gasteiger partial charge in [-0.1, -0.05) is 6.07 Å². The summed E-state index contributed by atoms with van der Waals surface area (Å²) in [5, 5.41) is 3.41. The SMILES string of the molecule is CN1CCN(c2ccc(NCc3ccccn3)cc2)CC1. The molecule has 0 unspecified atom stereocenters. The molecule has 0 saturated carbocycles. The minimum Gasteiger partial charge on any atom is -0.379 e. The quantitative estimate of drug-likeness (QED) is 0.933. The van der Waals surface area contributed by atoms with Crippen molar-refractivity contribution in [1.82, 2.24) is 9.88 Å². The number of hydrogen-bond donors (Lipinski definition) is 1. The highest BCUT2D eigenvalue weighted by molar-refractivity contribution is 5.55. The van der Waals surface area contributed by atoms with Gasteiger partial charge in [0.25, 0.3) is 0 Å². The van der Waals surface area contributed by atoms with E-state index in [9.17, 15) is 0 Å². The third kappa shape index (κ3) is 3.73. The average Bonchev–Trinajstić information content (AvgIpc) is 2.55. The molecule has 2 heterocycles. The monoisotopic (exact) mass is 282 g/mol. The van der Waals surface area contributed by atoms with Gasteiger partial charge >= 0.3 is 0 Å². The molecule has 0 amide bonds. The number of benzene rings is 1. The first-order valence-electron chi connectivity index (χ1n) is 7.48. The molecule has 1 aliphatic rings. The zero-order valence-electron chi connectivity index (χ0n) is 12.5. The molecule has 2 aromatic rings. The highest BCUT2D eigenvalue weighted by Gasteiger charge is 2.13. The minimum absolute atomic E-state index is 0.759. The molecule has 1 aromatic heterocycles. The topological polar surface area (TPSA) is 31.4 Å². The molecular formula is C17H22N4. The van der Waals surface area contributed by atoms with Crippen molar-refractivity contribution < 1.29 is 0 Å². The molecule has 1 fully saturated rings. The molecule has 1 aliphatic heterocycles. The summed E-state index contributed by atoms with van der Waals surface area (Å²) in [5.41, 5.74) is 3.51. The lowest BCUT2D eigenvalue weighted by molar-refractivity contribution is 0.313. The van der Waals surface area contributed by atoms with Gasteiger partial charge in [0, 0.05) is 43.8 Å². The fraction of sp³-hybridized carbons (Fsp3) is 0.353. The highest BCUT2D eigenvalue weighted by Crippen LogP contribution is 2.19. The molecular weight excluding hydrogens is 260 g/mol. The number of hydrogen-bond acceptors (Lipinski definition) is 4. The number of pyridine rings is 1. The molecule has 0 spiro atoms. The molecule has 0 aliphatic carbocycles. The number of piperazine rings is 1. The third-order valence-electron chi connectivity index (χ3n) is 3.94. The average molecular weight is 282 g/mol. The molecule has 0 bridgehead atoms. The summed E-state index contributed by atoms with van der Waals surface area (Å²) >= 11 is 0. The zero-order valence-corrected chi connectivity index (χ0v) is 12.5. The second kappa shape index (κ2) is 6.59. The summed E-state index contributed by atoms with van der Waals surface area (Å²) in [6.07, 6.45) is 1.83. The lowest BCUT2D eigenvalue weighted by Gasteiger charge is -2.34. The van der Waals surface area contributed by atoms with Crippen molar-refractivity contribution in [3.05, 3.63) is 54.4 Å². The van der Waals surface area contributed by atoms with Crippen LogP contribution in [0.15, 0.2) is 48.7 Å². The Hall–Kier alpha value is -2.07. The van der Waals surface area contributed by atoms with Crippen LogP contribution in [0.25, 0.3) is 0 Å². The molecule has 0 radical (unpaired) electrons. The summed E-state index contributed by atoms with van der Waals surface area (Å²) in [6, 6.07) is 14.7. The van der Waals surface area contributed by atoms with E-state index >= 15 is 0 Å². The van der Waals surface area contributed by atoms with E-state index in [0.717, 1.165) is 44.1 Å². The van der Waals surface area contributed by atoms with E-state index < -0.39 is 0 Å². The van der Waals surface area contributed by atoms with E-state index in [0.29, 0.717) is 0 Å². The fourth-order valence-corrected chi connectivity index (χ4v) is 2.55. The molecule has 0 atom stereocenters. The number of likely N-dealkylation sites (N-methyl/N-ethyl adjacent to an activating group) is 1. The van der Waals surface area contributed by atoms with Gasteiger partial charge in [0.2, 0.25) is 0 Å². The number of nitrogens with one attached hydrogen (secondary N) is 1. The first-order valence-corrected chi connectivity index (χ1v) is 7.48. The van der Waals surface area contributed by atoms with Crippen molar-refractivity contribution in [2.75, 3.05) is 43.4 Å². The second-order valence-electron chi connectivity index (χ2n) is 5.51. The van der Waals surface area contributed by atoms with Crippen LogP contribution in [0.3, 0.4) is 0 Å². The van der Waals surface area contributed by atoms with Gasteiger partial charge in [-0.25, -0.2) is 0 Å². The van der Waals surface area contributed by atoms with Crippen LogP contribution in [0.1, 0.15) is 5.69 Å². The Labute approximate surface area is 126 Å². The normalized spacial score (nSPS) is 16.0. The Morgan fingerprint density at radius 1 is 1.00 bits per heavy atom. The van der Waals surface area contributed by atoms with Crippen LogP contribution in [0.5, 0.6) is 0 Å². The van der Waals surface area contributed by atoms with E-state index in [1.54, 1.807) is 0 Å². The standard InChI is InChI=1S/C17H22N4/c1-20-10-12-21(13-11-20)17-7-5-15(6-8-17)19-14-16-4-2-3-9-18-16/h2-9,19H,10-14H2,1H3. The lowest BCUT2D eigenvalue weighted by Crippen LogP contribution is -2.44. The predicted octanol–water partition coefficient (Wildman–Crippen LogP) is 2.45. The summed E-state index contributed by atoms with van der Waals surface area (Å²) in [5.74, 6) is 0. The Bertz CT molecular complexity index is 545. The lowest BCUT2D eigenvalue weighted by atomic mass is 10.2. The number of aromatic nitrogens is 1. The maximum Gasteiger partial charge on any atom is 0.0594 e. The van der Waals surface area contributed by atoms with Crippen molar-refractivity contribution in [2.24, 2.45) is 0 Å². The first kappa shape index (κ1) is 13.9. The Kier molecular flexibility index (Phi) is 4.36. The van der Waals surface area contributed by atoms with E-state index in [2.05, 4.69) is 51.4 Å². The summed E-state index contributed by atoms with van der Waals surface area (Å²) in [6.45, 7) is 5.25. The van der Waals surface area contributed by atoms with Gasteiger partial charge in [-0.15, -0.1) is 0 Å². The smallest absolute Gasteiger partial charge is 0.0594 e. The molecule has 21 heavy (non-hydrogen) atoms. The van der Waals surface area contributed by atoms with Gasteiger partial charge in [0.15, 0.2) is 0 Å². The van der Waals surface area contributed by atoms with Gasteiger partial charge in [0.1, 0.15) is 0 Å². The van der Waals surface area contributed by atoms with Gasteiger partial charge in [-0.05, 0) is 43.4 Å². The van der Waals surface area contributed by atoms with Crippen LogP contribution in [-0.2, 0) is 6.54 Å². The third-order valence-corrected chi connectivity index (χ3v) is 3.94. The Morgan fingerprint density at radius 3 is 2.43 bits per heavy atom. The fourth-order valence-electron chi connectivity index (χ4n) is 2.55. The minimum atomic E-state index is 0.759. The maximum absolute atomic E-state index is 4.32. The molecule has 3 rings (SSSR count). The highest BCUT2D eigenvalue weighted by atomic mass is 15.2. The van der Waals surface area contributed by atoms with Crippen molar-refractivity contribution in [3.63, 3.8) is 0 Å². The number of anilines is 2. The largest absolute Gasteiger partial charge is 0.379 e.